The molecule has 0 saturated carbocycles. The minimum absolute atomic E-state index is 0.0563. The quantitative estimate of drug-likeness (QED) is 0.162. The predicted molar refractivity (Wildman–Crippen MR) is 122 cm³/mol. The molecule has 30 heavy (non-hydrogen) atoms. The largest absolute Gasteiger partial charge is 0.389 e. The average molecular weight is 429 g/mol. The monoisotopic (exact) mass is 428 g/mol. The van der Waals surface area contributed by atoms with Crippen LogP contribution >= 0.6 is 0 Å². The van der Waals surface area contributed by atoms with Gasteiger partial charge in [0.25, 0.3) is 0 Å². The number of aliphatic hydroxyl groups is 1. The molecule has 0 aromatic rings. The van der Waals surface area contributed by atoms with Crippen LogP contribution in [0, 0.1) is 0 Å². The van der Waals surface area contributed by atoms with Crippen LogP contribution in [0.4, 0.5) is 0 Å². The molecule has 1 rings (SSSR count). The second-order valence-corrected chi connectivity index (χ2v) is 8.89. The Hall–Kier alpha value is -0.460. The van der Waals surface area contributed by atoms with E-state index in [2.05, 4.69) is 6.92 Å². The van der Waals surface area contributed by atoms with E-state index in [0.29, 0.717) is 6.61 Å². The lowest BCUT2D eigenvalue weighted by Gasteiger charge is -2.16. The Kier molecular flexibility index (Phi) is 14.9. The van der Waals surface area contributed by atoms with E-state index in [0.717, 1.165) is 45.1 Å². The molecule has 1 unspecified atom stereocenters. The number of unbranched alkanes of at least 4 members (excludes halogenated alkanes) is 7. The third-order valence-corrected chi connectivity index (χ3v) is 5.48. The second kappa shape index (κ2) is 16.2. The topological polar surface area (TPSA) is 57.2 Å². The number of aliphatic hydroxyl groups excluding tert-OH is 1. The van der Waals surface area contributed by atoms with Gasteiger partial charge < -0.3 is 24.1 Å². The van der Waals surface area contributed by atoms with E-state index in [1.807, 2.05) is 39.8 Å². The summed E-state index contributed by atoms with van der Waals surface area (Å²) in [6.45, 7) is 11.5. The summed E-state index contributed by atoms with van der Waals surface area (Å²) in [6.07, 6.45) is 15.8. The molecule has 0 aromatic heterocycles. The molecule has 178 valence electrons. The fraction of sp³-hybridized carbons (Fsp3) is 0.920. The van der Waals surface area contributed by atoms with Gasteiger partial charge in [-0.2, -0.15) is 0 Å². The van der Waals surface area contributed by atoms with Gasteiger partial charge in [0.1, 0.15) is 6.10 Å². The van der Waals surface area contributed by atoms with Crippen LogP contribution in [-0.2, 0) is 18.9 Å². The maximum atomic E-state index is 10.3. The number of hydrogen-bond acceptors (Lipinski definition) is 5. The molecule has 5 nitrogen and oxygen atoms in total. The zero-order valence-corrected chi connectivity index (χ0v) is 20.2. The zero-order chi connectivity index (χ0) is 22.2. The fourth-order valence-corrected chi connectivity index (χ4v) is 3.87. The van der Waals surface area contributed by atoms with Crippen molar-refractivity contribution in [3.63, 3.8) is 0 Å². The number of rotatable bonds is 18. The highest BCUT2D eigenvalue weighted by Crippen LogP contribution is 2.31. The molecule has 4 atom stereocenters. The molecule has 1 heterocycles. The van der Waals surface area contributed by atoms with Crippen molar-refractivity contribution in [1.82, 2.24) is 0 Å². The van der Waals surface area contributed by atoms with Crippen LogP contribution in [0.15, 0.2) is 12.2 Å². The highest BCUT2D eigenvalue weighted by Gasteiger charge is 2.39. The lowest BCUT2D eigenvalue weighted by Crippen LogP contribution is -2.21. The van der Waals surface area contributed by atoms with Crippen LogP contribution in [0.5, 0.6) is 0 Å². The van der Waals surface area contributed by atoms with E-state index in [-0.39, 0.29) is 18.5 Å². The molecule has 5 heteroatoms. The summed E-state index contributed by atoms with van der Waals surface area (Å²) < 4.78 is 23.0. The van der Waals surface area contributed by atoms with Crippen LogP contribution in [0.3, 0.4) is 0 Å². The molecule has 0 bridgehead atoms. The molecule has 1 saturated heterocycles. The molecule has 1 fully saturated rings. The van der Waals surface area contributed by atoms with Crippen LogP contribution < -0.4 is 0 Å². The lowest BCUT2D eigenvalue weighted by molar-refractivity contribution is -0.143. The Balaban J connectivity index is 2.11. The summed E-state index contributed by atoms with van der Waals surface area (Å²) >= 11 is 0. The van der Waals surface area contributed by atoms with Crippen LogP contribution in [0.1, 0.15) is 105 Å². The Morgan fingerprint density at radius 3 is 2.33 bits per heavy atom. The maximum Gasteiger partial charge on any atom is 0.164 e. The van der Waals surface area contributed by atoms with Gasteiger partial charge in [0.15, 0.2) is 12.1 Å². The second-order valence-electron chi connectivity index (χ2n) is 8.89. The first-order chi connectivity index (χ1) is 14.4. The number of hydrogen-bond donors (Lipinski definition) is 1. The fourth-order valence-electron chi connectivity index (χ4n) is 3.87. The van der Waals surface area contributed by atoms with Gasteiger partial charge in [-0.1, -0.05) is 70.4 Å². The van der Waals surface area contributed by atoms with E-state index in [1.165, 1.54) is 32.1 Å². The van der Waals surface area contributed by atoms with Crippen molar-refractivity contribution < 1.29 is 24.1 Å². The Labute approximate surface area is 185 Å². The molecular formula is C25H48O5. The first-order valence-electron chi connectivity index (χ1n) is 12.3. The Morgan fingerprint density at radius 2 is 1.63 bits per heavy atom. The van der Waals surface area contributed by atoms with Gasteiger partial charge in [-0.3, -0.25) is 0 Å². The van der Waals surface area contributed by atoms with Gasteiger partial charge in [-0.25, -0.2) is 0 Å². The number of ether oxygens (including phenoxy) is 4. The minimum Gasteiger partial charge on any atom is -0.389 e. The smallest absolute Gasteiger partial charge is 0.164 e. The van der Waals surface area contributed by atoms with Gasteiger partial charge in [-0.05, 0) is 47.0 Å². The minimum atomic E-state index is -0.539. The van der Waals surface area contributed by atoms with E-state index in [1.54, 1.807) is 0 Å². The van der Waals surface area contributed by atoms with Gasteiger partial charge >= 0.3 is 0 Å². The van der Waals surface area contributed by atoms with Gasteiger partial charge in [0, 0.05) is 13.2 Å². The van der Waals surface area contributed by atoms with Gasteiger partial charge in [0.05, 0.1) is 12.2 Å². The van der Waals surface area contributed by atoms with Crippen molar-refractivity contribution in [1.29, 1.82) is 0 Å². The predicted octanol–water partition coefficient (Wildman–Crippen LogP) is 6.13. The molecule has 1 aliphatic heterocycles. The Bertz CT molecular complexity index is 437. The molecular weight excluding hydrogens is 380 g/mol. The Morgan fingerprint density at radius 1 is 0.933 bits per heavy atom. The summed E-state index contributed by atoms with van der Waals surface area (Å²) in [5.74, 6) is -0.539. The molecule has 0 aliphatic carbocycles. The molecule has 0 aromatic carbocycles. The van der Waals surface area contributed by atoms with Gasteiger partial charge in [0.2, 0.25) is 0 Å². The summed E-state index contributed by atoms with van der Waals surface area (Å²) in [6, 6.07) is 0. The SMILES string of the molecule is CCCCC[C@H]1OC(C)(C)O[C@@H]1/C=C/[C@H](O)CCCCCCCCOC(C)OCC. The highest BCUT2D eigenvalue weighted by atomic mass is 16.7. The van der Waals surface area contributed by atoms with Crippen LogP contribution in [0.25, 0.3) is 0 Å². The first kappa shape index (κ1) is 27.6. The third-order valence-electron chi connectivity index (χ3n) is 5.48. The van der Waals surface area contributed by atoms with Crippen LogP contribution in [-0.4, -0.2) is 48.7 Å². The van der Waals surface area contributed by atoms with Crippen molar-refractivity contribution in [3.05, 3.63) is 12.2 Å². The molecule has 1 N–H and O–H groups in total. The summed E-state index contributed by atoms with van der Waals surface area (Å²) in [4.78, 5) is 0. The molecule has 0 radical (unpaired) electrons. The molecule has 0 spiro atoms. The molecule has 1 aliphatic rings. The van der Waals surface area contributed by atoms with E-state index >= 15 is 0 Å². The van der Waals surface area contributed by atoms with E-state index < -0.39 is 11.9 Å². The van der Waals surface area contributed by atoms with Crippen molar-refractivity contribution in [2.24, 2.45) is 0 Å². The maximum absolute atomic E-state index is 10.3. The normalized spacial score (nSPS) is 23.3. The zero-order valence-electron chi connectivity index (χ0n) is 20.2. The van der Waals surface area contributed by atoms with Crippen molar-refractivity contribution in [2.45, 2.75) is 136 Å². The summed E-state index contributed by atoms with van der Waals surface area (Å²) in [7, 11) is 0. The van der Waals surface area contributed by atoms with Crippen molar-refractivity contribution in [3.8, 4) is 0 Å². The van der Waals surface area contributed by atoms with Crippen molar-refractivity contribution in [2.75, 3.05) is 13.2 Å². The first-order valence-corrected chi connectivity index (χ1v) is 12.3. The van der Waals surface area contributed by atoms with Crippen LogP contribution in [0.2, 0.25) is 0 Å². The van der Waals surface area contributed by atoms with Crippen molar-refractivity contribution >= 4 is 0 Å². The van der Waals surface area contributed by atoms with Gasteiger partial charge in [-0.15, -0.1) is 0 Å². The average Bonchev–Trinajstić information content (AvgIpc) is 2.99. The highest BCUT2D eigenvalue weighted by molar-refractivity contribution is 5.00. The van der Waals surface area contributed by atoms with E-state index in [4.69, 9.17) is 18.9 Å². The third kappa shape index (κ3) is 13.1. The molecule has 0 amide bonds. The lowest BCUT2D eigenvalue weighted by atomic mass is 10.0. The summed E-state index contributed by atoms with van der Waals surface area (Å²) in [5.41, 5.74) is 0. The summed E-state index contributed by atoms with van der Waals surface area (Å²) in [5, 5.41) is 10.3. The van der Waals surface area contributed by atoms with E-state index in [9.17, 15) is 5.11 Å². The standard InChI is InChI=1S/C25H48O5/c1-6-8-13-17-23-24(30-25(4,5)29-23)19-18-22(26)16-14-11-9-10-12-15-20-28-21(3)27-7-2/h18-19,21-24,26H,6-17,20H2,1-5H3/b19-18+/t21?,22-,23-,24-/m1/s1.